The first kappa shape index (κ1) is 14.9. The summed E-state index contributed by atoms with van der Waals surface area (Å²) in [5.41, 5.74) is 6.90. The van der Waals surface area contributed by atoms with Gasteiger partial charge in [0.25, 0.3) is 0 Å². The Morgan fingerprint density at radius 1 is 1.61 bits per heavy atom. The van der Waals surface area contributed by atoms with Crippen LogP contribution in [0.25, 0.3) is 0 Å². The van der Waals surface area contributed by atoms with Crippen LogP contribution in [-0.2, 0) is 4.74 Å². The number of rotatable bonds is 5. The van der Waals surface area contributed by atoms with E-state index in [1.807, 2.05) is 13.8 Å². The lowest BCUT2D eigenvalue weighted by Crippen LogP contribution is -2.37. The van der Waals surface area contributed by atoms with Gasteiger partial charge in [-0.2, -0.15) is 5.26 Å². The van der Waals surface area contributed by atoms with Crippen molar-refractivity contribution in [2.45, 2.75) is 26.7 Å². The van der Waals surface area contributed by atoms with Crippen LogP contribution < -0.4 is 5.73 Å². The zero-order chi connectivity index (χ0) is 13.5. The summed E-state index contributed by atoms with van der Waals surface area (Å²) < 4.78 is 5.48. The normalized spacial score (nSPS) is 21.2. The summed E-state index contributed by atoms with van der Waals surface area (Å²) in [6, 6.07) is 2.10. The molecule has 0 bridgehead atoms. The molecule has 0 aliphatic carbocycles. The van der Waals surface area contributed by atoms with Gasteiger partial charge in [0.05, 0.1) is 6.61 Å². The van der Waals surface area contributed by atoms with Gasteiger partial charge < -0.3 is 15.4 Å². The fourth-order valence-electron chi connectivity index (χ4n) is 2.26. The van der Waals surface area contributed by atoms with E-state index in [0.717, 1.165) is 38.4 Å². The van der Waals surface area contributed by atoms with Crippen LogP contribution in [0.1, 0.15) is 26.7 Å². The summed E-state index contributed by atoms with van der Waals surface area (Å²) in [5, 5.41) is 9.08. The fraction of sp³-hybridized carbons (Fsp3) is 0.692. The maximum Gasteiger partial charge on any atom is 0.116 e. The van der Waals surface area contributed by atoms with E-state index in [9.17, 15) is 0 Å². The van der Waals surface area contributed by atoms with Crippen LogP contribution >= 0.6 is 12.2 Å². The molecule has 1 rings (SSSR count). The highest BCUT2D eigenvalue weighted by Crippen LogP contribution is 2.22. The van der Waals surface area contributed by atoms with E-state index in [4.69, 9.17) is 28.0 Å². The van der Waals surface area contributed by atoms with Crippen LogP contribution in [0.3, 0.4) is 0 Å². The Labute approximate surface area is 114 Å². The first-order valence-corrected chi connectivity index (χ1v) is 6.74. The number of nitrogens with zero attached hydrogens (tertiary/aromatic N) is 2. The molecule has 1 aliphatic heterocycles. The van der Waals surface area contributed by atoms with Gasteiger partial charge in [0, 0.05) is 25.4 Å². The standard InChI is InChI=1S/C13H21N3OS/c1-3-17-9-11-5-4-6-16(8-11)10(2)12(7-14)13(15)18/h11H,3-6,8-9H2,1-2H3,(H2,15,18). The Kier molecular flexibility index (Phi) is 6.10. The summed E-state index contributed by atoms with van der Waals surface area (Å²) in [6.07, 6.45) is 2.30. The number of hydrogen-bond acceptors (Lipinski definition) is 4. The highest BCUT2D eigenvalue weighted by Gasteiger charge is 2.22. The van der Waals surface area contributed by atoms with E-state index in [2.05, 4.69) is 11.0 Å². The third-order valence-corrected chi connectivity index (χ3v) is 3.48. The summed E-state index contributed by atoms with van der Waals surface area (Å²) in [5.74, 6) is 0.528. The van der Waals surface area contributed by atoms with Gasteiger partial charge in [0.1, 0.15) is 16.6 Å². The second kappa shape index (κ2) is 7.34. The molecule has 4 nitrogen and oxygen atoms in total. The van der Waals surface area contributed by atoms with Crippen molar-refractivity contribution in [2.75, 3.05) is 26.3 Å². The van der Waals surface area contributed by atoms with Crippen molar-refractivity contribution in [3.8, 4) is 6.07 Å². The van der Waals surface area contributed by atoms with E-state index in [0.29, 0.717) is 11.5 Å². The van der Waals surface area contributed by atoms with E-state index >= 15 is 0 Å². The largest absolute Gasteiger partial charge is 0.389 e. The Hall–Kier alpha value is -1.12. The summed E-state index contributed by atoms with van der Waals surface area (Å²) >= 11 is 4.91. The van der Waals surface area contributed by atoms with Gasteiger partial charge in [0.15, 0.2) is 0 Å². The molecular weight excluding hydrogens is 246 g/mol. The van der Waals surface area contributed by atoms with Crippen molar-refractivity contribution < 1.29 is 4.74 Å². The van der Waals surface area contributed by atoms with Crippen molar-refractivity contribution in [3.63, 3.8) is 0 Å². The maximum atomic E-state index is 9.08. The van der Waals surface area contributed by atoms with Crippen molar-refractivity contribution in [1.29, 1.82) is 5.26 Å². The van der Waals surface area contributed by atoms with Crippen LogP contribution in [0.2, 0.25) is 0 Å². The Bertz CT molecular complexity index is 373. The number of allylic oxidation sites excluding steroid dienone is 1. The van der Waals surface area contributed by atoms with E-state index in [-0.39, 0.29) is 4.99 Å². The third kappa shape index (κ3) is 3.97. The molecule has 100 valence electrons. The molecule has 1 unspecified atom stereocenters. The lowest BCUT2D eigenvalue weighted by Gasteiger charge is -2.35. The number of piperidine rings is 1. The third-order valence-electron chi connectivity index (χ3n) is 3.27. The van der Waals surface area contributed by atoms with Crippen molar-refractivity contribution in [1.82, 2.24) is 4.90 Å². The zero-order valence-corrected chi connectivity index (χ0v) is 11.9. The van der Waals surface area contributed by atoms with E-state index in [1.165, 1.54) is 6.42 Å². The van der Waals surface area contributed by atoms with Crippen LogP contribution in [0.15, 0.2) is 11.3 Å². The number of nitriles is 1. The van der Waals surface area contributed by atoms with Crippen molar-refractivity contribution >= 4 is 17.2 Å². The fourth-order valence-corrected chi connectivity index (χ4v) is 2.46. The second-order valence-corrected chi connectivity index (χ2v) is 4.99. The minimum Gasteiger partial charge on any atom is -0.389 e. The molecule has 0 amide bonds. The number of nitrogens with two attached hydrogens (primary N) is 1. The zero-order valence-electron chi connectivity index (χ0n) is 11.1. The van der Waals surface area contributed by atoms with Crippen LogP contribution in [-0.4, -0.2) is 36.2 Å². The average molecular weight is 267 g/mol. The Morgan fingerprint density at radius 2 is 2.33 bits per heavy atom. The highest BCUT2D eigenvalue weighted by molar-refractivity contribution is 7.80. The summed E-state index contributed by atoms with van der Waals surface area (Å²) in [7, 11) is 0. The first-order chi connectivity index (χ1) is 8.60. The Morgan fingerprint density at radius 3 is 2.89 bits per heavy atom. The lowest BCUT2D eigenvalue weighted by atomic mass is 9.98. The molecule has 1 heterocycles. The average Bonchev–Trinajstić information content (AvgIpc) is 2.37. The molecule has 0 aromatic carbocycles. The van der Waals surface area contributed by atoms with E-state index in [1.54, 1.807) is 0 Å². The predicted octanol–water partition coefficient (Wildman–Crippen LogP) is 1.82. The molecule has 2 N–H and O–H groups in total. The molecule has 1 saturated heterocycles. The van der Waals surface area contributed by atoms with Gasteiger partial charge in [-0.1, -0.05) is 12.2 Å². The number of thiocarbonyl (C=S) groups is 1. The SMILES string of the molecule is CCOCC1CCCN(C(C)=C(C#N)C(N)=S)C1. The lowest BCUT2D eigenvalue weighted by molar-refractivity contribution is 0.0768. The quantitative estimate of drug-likeness (QED) is 0.468. The number of likely N-dealkylation sites (tertiary alicyclic amines) is 1. The molecule has 0 radical (unpaired) electrons. The molecule has 1 atom stereocenters. The predicted molar refractivity (Wildman–Crippen MR) is 75.9 cm³/mol. The molecular formula is C13H21N3OS. The van der Waals surface area contributed by atoms with Gasteiger partial charge >= 0.3 is 0 Å². The molecule has 0 saturated carbocycles. The first-order valence-electron chi connectivity index (χ1n) is 6.33. The maximum absolute atomic E-state index is 9.08. The number of hydrogen-bond donors (Lipinski definition) is 1. The van der Waals surface area contributed by atoms with Gasteiger partial charge in [-0.3, -0.25) is 0 Å². The van der Waals surface area contributed by atoms with Crippen molar-refractivity contribution in [2.24, 2.45) is 11.7 Å². The van der Waals surface area contributed by atoms with Crippen LogP contribution in [0.5, 0.6) is 0 Å². The Balaban J connectivity index is 2.71. The van der Waals surface area contributed by atoms with Crippen molar-refractivity contribution in [3.05, 3.63) is 11.3 Å². The molecule has 0 aromatic heterocycles. The topological polar surface area (TPSA) is 62.3 Å². The molecule has 1 fully saturated rings. The summed E-state index contributed by atoms with van der Waals surface area (Å²) in [4.78, 5) is 2.38. The molecule has 0 spiro atoms. The smallest absolute Gasteiger partial charge is 0.116 e. The van der Waals surface area contributed by atoms with Gasteiger partial charge in [-0.05, 0) is 32.6 Å². The van der Waals surface area contributed by atoms with Gasteiger partial charge in [0.2, 0.25) is 0 Å². The number of ether oxygens (including phenoxy) is 1. The monoisotopic (exact) mass is 267 g/mol. The summed E-state index contributed by atoms with van der Waals surface area (Å²) in [6.45, 7) is 7.34. The molecule has 0 aromatic rings. The minimum absolute atomic E-state index is 0.182. The molecule has 18 heavy (non-hydrogen) atoms. The molecule has 5 heteroatoms. The van der Waals surface area contributed by atoms with Gasteiger partial charge in [-0.25, -0.2) is 0 Å². The molecule has 1 aliphatic rings. The van der Waals surface area contributed by atoms with Gasteiger partial charge in [-0.15, -0.1) is 0 Å². The second-order valence-electron chi connectivity index (χ2n) is 4.55. The van der Waals surface area contributed by atoms with E-state index < -0.39 is 0 Å². The van der Waals surface area contributed by atoms with Crippen LogP contribution in [0.4, 0.5) is 0 Å². The highest BCUT2D eigenvalue weighted by atomic mass is 32.1. The minimum atomic E-state index is 0.182. The van der Waals surface area contributed by atoms with Crippen LogP contribution in [0, 0.1) is 17.2 Å².